The first kappa shape index (κ1) is 13.7. The lowest BCUT2D eigenvalue weighted by Crippen LogP contribution is -2.19. The minimum atomic E-state index is -1.14. The molecule has 21 heavy (non-hydrogen) atoms. The van der Waals surface area contributed by atoms with Gasteiger partial charge in [0.05, 0.1) is 10.9 Å². The molecule has 1 aliphatic rings. The van der Waals surface area contributed by atoms with Crippen LogP contribution in [-0.4, -0.2) is 25.6 Å². The Labute approximate surface area is 124 Å². The van der Waals surface area contributed by atoms with E-state index in [1.807, 2.05) is 0 Å². The van der Waals surface area contributed by atoms with E-state index in [0.29, 0.717) is 17.9 Å². The van der Waals surface area contributed by atoms with Gasteiger partial charge in [-0.1, -0.05) is 6.08 Å². The minimum Gasteiger partial charge on any atom is -0.478 e. The van der Waals surface area contributed by atoms with E-state index in [1.165, 1.54) is 6.07 Å². The molecule has 2 N–H and O–H groups in total. The van der Waals surface area contributed by atoms with E-state index in [0.717, 1.165) is 12.8 Å². The number of aromatic amines is 1. The highest BCUT2D eigenvalue weighted by molar-refractivity contribution is 7.71. The molecule has 0 unspecified atom stereocenters. The Balaban J connectivity index is 2.47. The molecule has 108 valence electrons. The maximum atomic E-state index is 12.1. The lowest BCUT2D eigenvalue weighted by molar-refractivity contribution is 0.0698. The van der Waals surface area contributed by atoms with Crippen LogP contribution in [0.15, 0.2) is 23.5 Å². The van der Waals surface area contributed by atoms with E-state index in [-0.39, 0.29) is 21.6 Å². The van der Waals surface area contributed by atoms with Gasteiger partial charge in [-0.25, -0.2) is 9.78 Å². The summed E-state index contributed by atoms with van der Waals surface area (Å²) in [5, 5.41) is 9.45. The van der Waals surface area contributed by atoms with Gasteiger partial charge in [0, 0.05) is 18.2 Å². The van der Waals surface area contributed by atoms with Crippen molar-refractivity contribution in [1.29, 1.82) is 0 Å². The largest absolute Gasteiger partial charge is 0.478 e. The number of rotatable bonds is 4. The molecule has 7 heteroatoms. The summed E-state index contributed by atoms with van der Waals surface area (Å²) in [4.78, 5) is 30.6. The van der Waals surface area contributed by atoms with E-state index >= 15 is 0 Å². The van der Waals surface area contributed by atoms with Crippen LogP contribution in [0.3, 0.4) is 0 Å². The molecule has 0 aliphatic heterocycles. The van der Waals surface area contributed by atoms with Gasteiger partial charge in [0.15, 0.2) is 4.77 Å². The number of H-pyrrole nitrogens is 1. The molecule has 2 aromatic rings. The molecule has 1 aliphatic carbocycles. The van der Waals surface area contributed by atoms with Crippen LogP contribution in [0.5, 0.6) is 0 Å². The van der Waals surface area contributed by atoms with Gasteiger partial charge in [-0.15, -0.1) is 6.58 Å². The number of aromatic nitrogens is 3. The average molecular weight is 303 g/mol. The third-order valence-corrected chi connectivity index (χ3v) is 3.83. The molecule has 0 aromatic carbocycles. The van der Waals surface area contributed by atoms with Crippen molar-refractivity contribution in [2.24, 2.45) is 0 Å². The Morgan fingerprint density at radius 1 is 1.62 bits per heavy atom. The first-order chi connectivity index (χ1) is 10.0. The molecular formula is C14H13N3O3S. The number of aromatic carboxylic acids is 1. The molecule has 0 atom stereocenters. The van der Waals surface area contributed by atoms with Crippen LogP contribution in [0.1, 0.15) is 34.8 Å². The van der Waals surface area contributed by atoms with Crippen molar-refractivity contribution in [1.82, 2.24) is 14.5 Å². The first-order valence-electron chi connectivity index (χ1n) is 6.55. The molecule has 2 heterocycles. The van der Waals surface area contributed by atoms with E-state index in [1.54, 1.807) is 10.6 Å². The zero-order valence-electron chi connectivity index (χ0n) is 11.1. The van der Waals surface area contributed by atoms with Gasteiger partial charge in [-0.2, -0.15) is 0 Å². The predicted octanol–water partition coefficient (Wildman–Crippen LogP) is 2.22. The number of carbonyl (C=O) groups is 1. The molecule has 3 rings (SSSR count). The number of nitrogens with one attached hydrogen (secondary N) is 1. The van der Waals surface area contributed by atoms with Crippen LogP contribution in [0.2, 0.25) is 0 Å². The van der Waals surface area contributed by atoms with E-state index in [2.05, 4.69) is 16.5 Å². The van der Waals surface area contributed by atoms with Crippen molar-refractivity contribution in [2.45, 2.75) is 25.3 Å². The third-order valence-electron chi connectivity index (χ3n) is 3.51. The van der Waals surface area contributed by atoms with Crippen LogP contribution >= 0.6 is 12.2 Å². The molecule has 1 saturated carbocycles. The van der Waals surface area contributed by atoms with Crippen molar-refractivity contribution in [3.63, 3.8) is 0 Å². The van der Waals surface area contributed by atoms with Crippen molar-refractivity contribution in [3.05, 3.63) is 45.1 Å². The number of carboxylic acid groups (broad SMARTS) is 1. The SMILES string of the molecule is C=CCn1c(=S)[nH]c(=O)c2c(C(=O)O)cc(C3CC3)nc21. The maximum Gasteiger partial charge on any atom is 0.336 e. The highest BCUT2D eigenvalue weighted by Gasteiger charge is 2.28. The van der Waals surface area contributed by atoms with Crippen LogP contribution in [0, 0.1) is 4.77 Å². The second kappa shape index (κ2) is 4.92. The van der Waals surface area contributed by atoms with Crippen LogP contribution in [0.4, 0.5) is 0 Å². The highest BCUT2D eigenvalue weighted by Crippen LogP contribution is 2.39. The lowest BCUT2D eigenvalue weighted by Gasteiger charge is -2.11. The number of fused-ring (bicyclic) bond motifs is 1. The molecule has 0 amide bonds. The number of allylic oxidation sites excluding steroid dienone is 1. The van der Waals surface area contributed by atoms with Gasteiger partial charge in [0.25, 0.3) is 5.56 Å². The summed E-state index contributed by atoms with van der Waals surface area (Å²) in [6.07, 6.45) is 3.60. The fraction of sp³-hybridized carbons (Fsp3) is 0.286. The molecule has 0 bridgehead atoms. The Morgan fingerprint density at radius 2 is 2.33 bits per heavy atom. The quantitative estimate of drug-likeness (QED) is 0.668. The van der Waals surface area contributed by atoms with E-state index in [9.17, 15) is 14.7 Å². The monoisotopic (exact) mass is 303 g/mol. The van der Waals surface area contributed by atoms with Gasteiger partial charge in [0.1, 0.15) is 5.65 Å². The van der Waals surface area contributed by atoms with Crippen molar-refractivity contribution < 1.29 is 9.90 Å². The predicted molar refractivity (Wildman–Crippen MR) is 80.3 cm³/mol. The summed E-state index contributed by atoms with van der Waals surface area (Å²) in [6.45, 7) is 4.00. The van der Waals surface area contributed by atoms with Gasteiger partial charge in [-0.05, 0) is 31.1 Å². The number of nitrogens with zero attached hydrogens (tertiary/aromatic N) is 2. The topological polar surface area (TPSA) is 88.0 Å². The molecule has 1 fully saturated rings. The smallest absolute Gasteiger partial charge is 0.336 e. The summed E-state index contributed by atoms with van der Waals surface area (Å²) < 4.78 is 1.81. The zero-order chi connectivity index (χ0) is 15.1. The van der Waals surface area contributed by atoms with Gasteiger partial charge in [0.2, 0.25) is 0 Å². The van der Waals surface area contributed by atoms with Crippen molar-refractivity contribution in [2.75, 3.05) is 0 Å². The van der Waals surface area contributed by atoms with E-state index < -0.39 is 11.5 Å². The average Bonchev–Trinajstić information content (AvgIpc) is 3.26. The number of hydrogen-bond acceptors (Lipinski definition) is 4. The van der Waals surface area contributed by atoms with Crippen molar-refractivity contribution in [3.8, 4) is 0 Å². The number of pyridine rings is 1. The fourth-order valence-corrected chi connectivity index (χ4v) is 2.60. The zero-order valence-corrected chi connectivity index (χ0v) is 11.9. The van der Waals surface area contributed by atoms with Gasteiger partial charge >= 0.3 is 5.97 Å². The van der Waals surface area contributed by atoms with Crippen LogP contribution in [-0.2, 0) is 6.54 Å². The summed E-state index contributed by atoms with van der Waals surface area (Å²) in [5.41, 5.74) is 0.460. The lowest BCUT2D eigenvalue weighted by atomic mass is 10.1. The van der Waals surface area contributed by atoms with Crippen LogP contribution < -0.4 is 5.56 Å². The number of hydrogen-bond donors (Lipinski definition) is 2. The van der Waals surface area contributed by atoms with Crippen molar-refractivity contribution >= 4 is 29.2 Å². The molecule has 0 radical (unpaired) electrons. The summed E-state index contributed by atoms with van der Waals surface area (Å²) >= 11 is 5.14. The van der Waals surface area contributed by atoms with Gasteiger partial charge < -0.3 is 5.11 Å². The normalized spacial score (nSPS) is 14.3. The molecule has 6 nitrogen and oxygen atoms in total. The Morgan fingerprint density at radius 3 is 2.90 bits per heavy atom. The summed E-state index contributed by atoms with van der Waals surface area (Å²) in [7, 11) is 0. The second-order valence-electron chi connectivity index (χ2n) is 5.03. The highest BCUT2D eigenvalue weighted by atomic mass is 32.1. The molecule has 2 aromatic heterocycles. The fourth-order valence-electron chi connectivity index (χ4n) is 2.35. The maximum absolute atomic E-state index is 12.1. The summed E-state index contributed by atoms with van der Waals surface area (Å²) in [5.74, 6) is -0.866. The molecule has 0 saturated heterocycles. The van der Waals surface area contributed by atoms with Gasteiger partial charge in [-0.3, -0.25) is 14.3 Å². The third kappa shape index (κ3) is 2.29. The standard InChI is InChI=1S/C14H13N3O3S/c1-2-5-17-11-10(12(18)16-14(17)21)8(13(19)20)6-9(15-11)7-3-4-7/h2,6-7H,1,3-5H2,(H,19,20)(H,16,18,21). The molecule has 0 spiro atoms. The second-order valence-corrected chi connectivity index (χ2v) is 5.42. The Hall–Kier alpha value is -2.28. The van der Waals surface area contributed by atoms with E-state index in [4.69, 9.17) is 12.2 Å². The first-order valence-corrected chi connectivity index (χ1v) is 6.95. The minimum absolute atomic E-state index is 0.0315. The Kier molecular flexibility index (Phi) is 3.21. The summed E-state index contributed by atoms with van der Waals surface area (Å²) in [6, 6.07) is 1.50. The Bertz CT molecular complexity index is 877. The number of carboxylic acids is 1. The molecular weight excluding hydrogens is 290 g/mol. The van der Waals surface area contributed by atoms with Crippen LogP contribution in [0.25, 0.3) is 11.0 Å².